The van der Waals surface area contributed by atoms with Gasteiger partial charge in [-0.05, 0) is 44.4 Å². The molecule has 2 rings (SSSR count). The van der Waals surface area contributed by atoms with E-state index in [1.807, 2.05) is 0 Å². The first-order valence-electron chi connectivity index (χ1n) is 7.25. The van der Waals surface area contributed by atoms with Crippen molar-refractivity contribution in [1.29, 1.82) is 0 Å². The zero-order chi connectivity index (χ0) is 13.0. The van der Waals surface area contributed by atoms with Crippen LogP contribution in [-0.2, 0) is 10.0 Å². The van der Waals surface area contributed by atoms with E-state index in [1.165, 1.54) is 25.7 Å². The third kappa shape index (κ3) is 3.25. The fourth-order valence-corrected chi connectivity index (χ4v) is 5.34. The molecule has 1 heterocycles. The van der Waals surface area contributed by atoms with Crippen LogP contribution in [0.2, 0.25) is 0 Å². The van der Waals surface area contributed by atoms with E-state index in [9.17, 15) is 8.42 Å². The maximum Gasteiger partial charge on any atom is 0.214 e. The van der Waals surface area contributed by atoms with Crippen molar-refractivity contribution in [3.05, 3.63) is 0 Å². The molecule has 0 unspecified atom stereocenters. The van der Waals surface area contributed by atoms with Gasteiger partial charge in [0.1, 0.15) is 0 Å². The summed E-state index contributed by atoms with van der Waals surface area (Å²) in [6, 6.07) is 0.270. The molecular weight excluding hydrogens is 250 g/mol. The molecule has 1 N–H and O–H groups in total. The lowest BCUT2D eigenvalue weighted by Gasteiger charge is -2.43. The smallest absolute Gasteiger partial charge is 0.214 e. The Hall–Kier alpha value is -0.130. The SMILES string of the molecule is O=S(=O)(CCCCO)N1CCC[C@H]2CCCC[C@H]21. The van der Waals surface area contributed by atoms with Gasteiger partial charge < -0.3 is 5.11 Å². The molecule has 106 valence electrons. The Morgan fingerprint density at radius 2 is 1.78 bits per heavy atom. The first-order chi connectivity index (χ1) is 8.65. The van der Waals surface area contributed by atoms with E-state index in [4.69, 9.17) is 5.11 Å². The number of aliphatic hydroxyl groups excluding tert-OH is 1. The van der Waals surface area contributed by atoms with E-state index >= 15 is 0 Å². The van der Waals surface area contributed by atoms with Crippen LogP contribution in [0.25, 0.3) is 0 Å². The molecule has 1 saturated heterocycles. The predicted molar refractivity (Wildman–Crippen MR) is 71.8 cm³/mol. The number of unbranched alkanes of at least 4 members (excludes halogenated alkanes) is 1. The van der Waals surface area contributed by atoms with Crippen LogP contribution in [0.3, 0.4) is 0 Å². The van der Waals surface area contributed by atoms with Crippen LogP contribution in [0.4, 0.5) is 0 Å². The highest BCUT2D eigenvalue weighted by atomic mass is 32.2. The monoisotopic (exact) mass is 275 g/mol. The molecule has 0 bridgehead atoms. The molecule has 18 heavy (non-hydrogen) atoms. The Bertz CT molecular complexity index is 353. The number of aliphatic hydroxyl groups is 1. The van der Waals surface area contributed by atoms with Gasteiger partial charge in [-0.15, -0.1) is 0 Å². The number of rotatable bonds is 5. The van der Waals surface area contributed by atoms with E-state index in [-0.39, 0.29) is 18.4 Å². The molecule has 4 nitrogen and oxygen atoms in total. The molecule has 2 fully saturated rings. The van der Waals surface area contributed by atoms with Crippen LogP contribution >= 0.6 is 0 Å². The molecule has 2 atom stereocenters. The fourth-order valence-electron chi connectivity index (χ4n) is 3.44. The lowest BCUT2D eigenvalue weighted by molar-refractivity contribution is 0.129. The minimum atomic E-state index is -3.10. The van der Waals surface area contributed by atoms with Gasteiger partial charge in [0.15, 0.2) is 0 Å². The van der Waals surface area contributed by atoms with Crippen molar-refractivity contribution in [2.24, 2.45) is 5.92 Å². The summed E-state index contributed by atoms with van der Waals surface area (Å²) < 4.78 is 26.5. The minimum absolute atomic E-state index is 0.0849. The largest absolute Gasteiger partial charge is 0.396 e. The number of hydrogen-bond acceptors (Lipinski definition) is 3. The van der Waals surface area contributed by atoms with Gasteiger partial charge in [-0.3, -0.25) is 0 Å². The number of sulfonamides is 1. The number of fused-ring (bicyclic) bond motifs is 1. The van der Waals surface area contributed by atoms with Crippen molar-refractivity contribution >= 4 is 10.0 Å². The standard InChI is InChI=1S/C13H25NO3S/c15-10-3-4-11-18(16,17)14-9-5-7-12-6-1-2-8-13(12)14/h12-13,15H,1-11H2/t12-,13-/m1/s1. The van der Waals surface area contributed by atoms with E-state index in [0.29, 0.717) is 25.3 Å². The molecule has 0 spiro atoms. The van der Waals surface area contributed by atoms with E-state index in [0.717, 1.165) is 12.8 Å². The molecule has 2 aliphatic rings. The van der Waals surface area contributed by atoms with Crippen molar-refractivity contribution in [3.8, 4) is 0 Å². The lowest BCUT2D eigenvalue weighted by atomic mass is 9.79. The molecule has 0 aromatic rings. The second kappa shape index (κ2) is 6.35. The Kier molecular flexibility index (Phi) is 5.04. The summed E-state index contributed by atoms with van der Waals surface area (Å²) in [5.74, 6) is 0.802. The van der Waals surface area contributed by atoms with E-state index in [1.54, 1.807) is 4.31 Å². The molecule has 5 heteroatoms. The summed E-state index contributed by atoms with van der Waals surface area (Å²) in [7, 11) is -3.10. The molecule has 1 aliphatic carbocycles. The van der Waals surface area contributed by atoms with Gasteiger partial charge in [0.05, 0.1) is 5.75 Å². The normalized spacial score (nSPS) is 30.1. The molecule has 0 aromatic heterocycles. The van der Waals surface area contributed by atoms with Crippen molar-refractivity contribution < 1.29 is 13.5 Å². The minimum Gasteiger partial charge on any atom is -0.396 e. The van der Waals surface area contributed by atoms with Gasteiger partial charge >= 0.3 is 0 Å². The molecule has 0 amide bonds. The van der Waals surface area contributed by atoms with Gasteiger partial charge in [0.25, 0.3) is 0 Å². The lowest BCUT2D eigenvalue weighted by Crippen LogP contribution is -2.50. The van der Waals surface area contributed by atoms with Crippen LogP contribution in [0, 0.1) is 5.92 Å². The maximum absolute atomic E-state index is 12.4. The predicted octanol–water partition coefficient (Wildman–Crippen LogP) is 1.74. The fraction of sp³-hybridized carbons (Fsp3) is 1.00. The molecule has 0 aromatic carbocycles. The Morgan fingerprint density at radius 3 is 2.56 bits per heavy atom. The Balaban J connectivity index is 2.00. The highest BCUT2D eigenvalue weighted by molar-refractivity contribution is 7.89. The zero-order valence-electron chi connectivity index (χ0n) is 11.1. The number of hydrogen-bond donors (Lipinski definition) is 1. The third-order valence-corrected chi connectivity index (χ3v) is 6.33. The molecule has 1 aliphatic heterocycles. The topological polar surface area (TPSA) is 57.6 Å². The van der Waals surface area contributed by atoms with Gasteiger partial charge in [0, 0.05) is 19.2 Å². The number of piperidine rings is 1. The second-order valence-corrected chi connectivity index (χ2v) is 7.65. The van der Waals surface area contributed by atoms with Crippen molar-refractivity contribution in [2.75, 3.05) is 18.9 Å². The van der Waals surface area contributed by atoms with Crippen molar-refractivity contribution in [3.63, 3.8) is 0 Å². The average molecular weight is 275 g/mol. The maximum atomic E-state index is 12.4. The summed E-state index contributed by atoms with van der Waals surface area (Å²) in [5.41, 5.74) is 0. The van der Waals surface area contributed by atoms with Gasteiger partial charge in [-0.1, -0.05) is 12.8 Å². The first-order valence-corrected chi connectivity index (χ1v) is 8.86. The van der Waals surface area contributed by atoms with Crippen molar-refractivity contribution in [2.45, 2.75) is 57.4 Å². The highest BCUT2D eigenvalue weighted by Crippen LogP contribution is 2.36. The Labute approximate surface area is 110 Å². The molecular formula is C13H25NO3S. The summed E-state index contributed by atoms with van der Waals surface area (Å²) in [5, 5.41) is 8.75. The van der Waals surface area contributed by atoms with Crippen LogP contribution in [0.15, 0.2) is 0 Å². The third-order valence-electron chi connectivity index (χ3n) is 4.36. The van der Waals surface area contributed by atoms with Crippen molar-refractivity contribution in [1.82, 2.24) is 4.31 Å². The quantitative estimate of drug-likeness (QED) is 0.778. The average Bonchev–Trinajstić information content (AvgIpc) is 2.38. The highest BCUT2D eigenvalue weighted by Gasteiger charge is 2.38. The van der Waals surface area contributed by atoms with Gasteiger partial charge in [0.2, 0.25) is 10.0 Å². The van der Waals surface area contributed by atoms with Crippen LogP contribution in [-0.4, -0.2) is 42.8 Å². The first kappa shape index (κ1) is 14.3. The summed E-state index contributed by atoms with van der Waals surface area (Å²) in [6.45, 7) is 0.796. The summed E-state index contributed by atoms with van der Waals surface area (Å²) >= 11 is 0. The van der Waals surface area contributed by atoms with Crippen LogP contribution < -0.4 is 0 Å². The van der Waals surface area contributed by atoms with Crippen LogP contribution in [0.5, 0.6) is 0 Å². The molecule has 0 radical (unpaired) electrons. The Morgan fingerprint density at radius 1 is 1.06 bits per heavy atom. The molecule has 1 saturated carbocycles. The van der Waals surface area contributed by atoms with Gasteiger partial charge in [-0.25, -0.2) is 8.42 Å². The van der Waals surface area contributed by atoms with Gasteiger partial charge in [-0.2, -0.15) is 4.31 Å². The second-order valence-electron chi connectivity index (χ2n) is 5.61. The summed E-state index contributed by atoms with van der Waals surface area (Å²) in [4.78, 5) is 0. The summed E-state index contributed by atoms with van der Waals surface area (Å²) in [6.07, 6.45) is 8.06. The number of nitrogens with zero attached hydrogens (tertiary/aromatic N) is 1. The van der Waals surface area contributed by atoms with Crippen LogP contribution in [0.1, 0.15) is 51.4 Å². The van der Waals surface area contributed by atoms with E-state index < -0.39 is 10.0 Å². The zero-order valence-corrected chi connectivity index (χ0v) is 11.9. The van der Waals surface area contributed by atoms with E-state index in [2.05, 4.69) is 0 Å².